The minimum Gasteiger partial charge on any atom is -0.325 e. The monoisotopic (exact) mass is 421 g/mol. The molecule has 0 aliphatic rings. The minimum atomic E-state index is -4.48. The van der Waals surface area contributed by atoms with Crippen molar-refractivity contribution in [2.24, 2.45) is 0 Å². The third-order valence-corrected chi connectivity index (χ3v) is 4.65. The molecule has 0 saturated heterocycles. The summed E-state index contributed by atoms with van der Waals surface area (Å²) in [7, 11) is 0. The number of carbonyl (C=O) groups excluding carboxylic acids is 1. The lowest BCUT2D eigenvalue weighted by molar-refractivity contribution is -0.137. The Bertz CT molecular complexity index is 1040. The van der Waals surface area contributed by atoms with Gasteiger partial charge in [-0.2, -0.15) is 13.2 Å². The molecule has 0 bridgehead atoms. The highest BCUT2D eigenvalue weighted by Gasteiger charge is 2.30. The van der Waals surface area contributed by atoms with Gasteiger partial charge in [0.2, 0.25) is 5.91 Å². The Labute approximate surface area is 168 Å². The zero-order valence-electron chi connectivity index (χ0n) is 15.1. The van der Waals surface area contributed by atoms with Crippen molar-refractivity contribution >= 4 is 23.4 Å². The number of amides is 1. The molecule has 1 aromatic heterocycles. The van der Waals surface area contributed by atoms with E-state index in [0.29, 0.717) is 22.1 Å². The number of aryl methyl sites for hydroxylation is 1. The molecule has 0 fully saturated rings. The molecular weight excluding hydrogens is 406 g/mol. The molecular formula is C20H15F4N3OS. The Morgan fingerprint density at radius 2 is 1.83 bits per heavy atom. The lowest BCUT2D eigenvalue weighted by Gasteiger charge is -2.10. The van der Waals surface area contributed by atoms with Crippen molar-refractivity contribution in [2.45, 2.75) is 18.1 Å². The molecule has 1 amide bonds. The number of thioether (sulfide) groups is 1. The molecule has 0 saturated carbocycles. The van der Waals surface area contributed by atoms with Crippen molar-refractivity contribution in [2.75, 3.05) is 11.1 Å². The molecule has 2 aromatic carbocycles. The van der Waals surface area contributed by atoms with E-state index in [1.54, 1.807) is 25.1 Å². The van der Waals surface area contributed by atoms with Gasteiger partial charge in [0.25, 0.3) is 0 Å². The topological polar surface area (TPSA) is 54.9 Å². The van der Waals surface area contributed by atoms with Crippen molar-refractivity contribution in [1.82, 2.24) is 9.97 Å². The number of aromatic nitrogens is 2. The summed E-state index contributed by atoms with van der Waals surface area (Å²) in [5.74, 6) is -0.625. The van der Waals surface area contributed by atoms with Crippen molar-refractivity contribution in [3.63, 3.8) is 0 Å². The minimum absolute atomic E-state index is 0.0599. The molecule has 0 aliphatic carbocycles. The van der Waals surface area contributed by atoms with Crippen LogP contribution in [0.1, 0.15) is 11.3 Å². The molecule has 0 unspecified atom stereocenters. The first kappa shape index (κ1) is 20.8. The zero-order chi connectivity index (χ0) is 21.0. The van der Waals surface area contributed by atoms with Crippen molar-refractivity contribution in [3.8, 4) is 11.4 Å². The van der Waals surface area contributed by atoms with Gasteiger partial charge in [-0.25, -0.2) is 14.4 Å². The van der Waals surface area contributed by atoms with E-state index >= 15 is 0 Å². The van der Waals surface area contributed by atoms with Crippen LogP contribution >= 0.6 is 11.8 Å². The third-order valence-electron chi connectivity index (χ3n) is 3.74. The fraction of sp³-hybridized carbons (Fsp3) is 0.150. The summed E-state index contributed by atoms with van der Waals surface area (Å²) < 4.78 is 51.7. The van der Waals surface area contributed by atoms with Crippen LogP contribution in [-0.2, 0) is 11.0 Å². The first-order valence-corrected chi connectivity index (χ1v) is 9.41. The molecule has 0 aliphatic heterocycles. The maximum atomic E-state index is 13.4. The van der Waals surface area contributed by atoms with Crippen molar-refractivity contribution in [1.29, 1.82) is 0 Å². The van der Waals surface area contributed by atoms with Crippen LogP contribution in [0.3, 0.4) is 0 Å². The van der Waals surface area contributed by atoms with Crippen LogP contribution < -0.4 is 5.32 Å². The summed E-state index contributed by atoms with van der Waals surface area (Å²) in [6, 6.07) is 11.9. The van der Waals surface area contributed by atoms with Gasteiger partial charge in [-0.05, 0) is 43.3 Å². The first-order valence-electron chi connectivity index (χ1n) is 8.42. The van der Waals surface area contributed by atoms with Gasteiger partial charge < -0.3 is 5.32 Å². The highest BCUT2D eigenvalue weighted by atomic mass is 32.2. The number of rotatable bonds is 5. The quantitative estimate of drug-likeness (QED) is 0.343. The molecule has 150 valence electrons. The van der Waals surface area contributed by atoms with Gasteiger partial charge >= 0.3 is 6.18 Å². The molecule has 3 aromatic rings. The summed E-state index contributed by atoms with van der Waals surface area (Å²) in [6.07, 6.45) is -4.48. The highest BCUT2D eigenvalue weighted by molar-refractivity contribution is 7.99. The van der Waals surface area contributed by atoms with Crippen LogP contribution in [0.2, 0.25) is 0 Å². The number of nitrogens with zero attached hydrogens (tertiary/aromatic N) is 2. The van der Waals surface area contributed by atoms with Crippen LogP contribution in [-0.4, -0.2) is 21.6 Å². The predicted molar refractivity (Wildman–Crippen MR) is 103 cm³/mol. The van der Waals surface area contributed by atoms with E-state index in [2.05, 4.69) is 15.3 Å². The second-order valence-electron chi connectivity index (χ2n) is 6.10. The third kappa shape index (κ3) is 5.77. The van der Waals surface area contributed by atoms with E-state index < -0.39 is 23.5 Å². The van der Waals surface area contributed by atoms with Crippen molar-refractivity contribution < 1.29 is 22.4 Å². The fourth-order valence-electron chi connectivity index (χ4n) is 2.48. The lowest BCUT2D eigenvalue weighted by Crippen LogP contribution is -2.15. The van der Waals surface area contributed by atoms with Crippen molar-refractivity contribution in [3.05, 3.63) is 71.7 Å². The Balaban J connectivity index is 1.68. The molecule has 0 radical (unpaired) electrons. The Morgan fingerprint density at radius 1 is 1.07 bits per heavy atom. The number of nitrogens with one attached hydrogen (secondary N) is 1. The van der Waals surface area contributed by atoms with E-state index in [4.69, 9.17) is 0 Å². The molecule has 0 spiro atoms. The van der Waals surface area contributed by atoms with E-state index in [1.165, 1.54) is 24.3 Å². The predicted octanol–water partition coefficient (Wildman–Crippen LogP) is 5.34. The summed E-state index contributed by atoms with van der Waals surface area (Å²) >= 11 is 1.11. The van der Waals surface area contributed by atoms with Gasteiger partial charge in [-0.3, -0.25) is 4.79 Å². The van der Waals surface area contributed by atoms with Crippen LogP contribution in [0.25, 0.3) is 11.4 Å². The van der Waals surface area contributed by atoms with Crippen LogP contribution in [0.15, 0.2) is 59.6 Å². The standard InChI is InChI=1S/C20H15F4N3OS/c1-12-8-18(27-19(25-12)13-4-2-6-15(21)9-13)29-11-17(28)26-16-7-3-5-14(10-16)20(22,23)24/h2-10H,11H2,1H3,(H,26,28). The number of alkyl halides is 3. The van der Waals surface area contributed by atoms with Crippen LogP contribution in [0.5, 0.6) is 0 Å². The second kappa shape index (κ2) is 8.60. The van der Waals surface area contributed by atoms with Gasteiger partial charge in [-0.1, -0.05) is 30.0 Å². The SMILES string of the molecule is Cc1cc(SCC(=O)Nc2cccc(C(F)(F)F)c2)nc(-c2cccc(F)c2)n1. The average molecular weight is 421 g/mol. The van der Waals surface area contributed by atoms with Gasteiger partial charge in [0.1, 0.15) is 10.8 Å². The Hall–Kier alpha value is -2.94. The largest absolute Gasteiger partial charge is 0.416 e. The maximum Gasteiger partial charge on any atom is 0.416 e. The van der Waals surface area contributed by atoms with E-state index in [9.17, 15) is 22.4 Å². The molecule has 29 heavy (non-hydrogen) atoms. The Morgan fingerprint density at radius 3 is 2.55 bits per heavy atom. The second-order valence-corrected chi connectivity index (χ2v) is 7.09. The Kier molecular flexibility index (Phi) is 6.17. The number of hydrogen-bond acceptors (Lipinski definition) is 4. The van der Waals surface area contributed by atoms with Gasteiger partial charge in [0, 0.05) is 16.9 Å². The first-order chi connectivity index (χ1) is 13.7. The van der Waals surface area contributed by atoms with Crippen LogP contribution in [0.4, 0.5) is 23.2 Å². The summed E-state index contributed by atoms with van der Waals surface area (Å²) in [6.45, 7) is 1.75. The van der Waals surface area contributed by atoms with Gasteiger partial charge in [-0.15, -0.1) is 0 Å². The molecule has 3 rings (SSSR count). The van der Waals surface area contributed by atoms with E-state index in [0.717, 1.165) is 23.9 Å². The highest BCUT2D eigenvalue weighted by Crippen LogP contribution is 2.30. The van der Waals surface area contributed by atoms with E-state index in [1.807, 2.05) is 0 Å². The number of hydrogen-bond donors (Lipinski definition) is 1. The normalized spacial score (nSPS) is 11.3. The molecule has 1 N–H and O–H groups in total. The number of benzene rings is 2. The van der Waals surface area contributed by atoms with E-state index in [-0.39, 0.29) is 11.4 Å². The number of carbonyl (C=O) groups is 1. The fourth-order valence-corrected chi connectivity index (χ4v) is 3.24. The van der Waals surface area contributed by atoms with Gasteiger partial charge in [0.05, 0.1) is 11.3 Å². The zero-order valence-corrected chi connectivity index (χ0v) is 15.9. The number of anilines is 1. The summed E-state index contributed by atoms with van der Waals surface area (Å²) in [4.78, 5) is 20.7. The average Bonchev–Trinajstić information content (AvgIpc) is 2.65. The molecule has 4 nitrogen and oxygen atoms in total. The smallest absolute Gasteiger partial charge is 0.325 e. The van der Waals surface area contributed by atoms with Crippen LogP contribution in [0, 0.1) is 12.7 Å². The molecule has 1 heterocycles. The maximum absolute atomic E-state index is 13.4. The molecule has 0 atom stereocenters. The lowest BCUT2D eigenvalue weighted by atomic mass is 10.2. The number of halogens is 4. The summed E-state index contributed by atoms with van der Waals surface area (Å²) in [5.41, 5.74) is 0.364. The molecule has 9 heteroatoms. The van der Waals surface area contributed by atoms with Gasteiger partial charge in [0.15, 0.2) is 5.82 Å². The summed E-state index contributed by atoms with van der Waals surface area (Å²) in [5, 5.41) is 2.94.